The predicted octanol–water partition coefficient (Wildman–Crippen LogP) is 2.13. The number of hydrogen-bond acceptors (Lipinski definition) is 6. The summed E-state index contributed by atoms with van der Waals surface area (Å²) in [6.07, 6.45) is 2.42. The molecule has 0 bridgehead atoms. The third kappa shape index (κ3) is 2.89. The Labute approximate surface area is 146 Å². The zero-order chi connectivity index (χ0) is 16.8. The molecule has 7 heteroatoms. The minimum absolute atomic E-state index is 0.552. The smallest absolute Gasteiger partial charge is 0.178 e. The van der Waals surface area contributed by atoms with Crippen molar-refractivity contribution in [3.63, 3.8) is 0 Å². The van der Waals surface area contributed by atoms with Crippen LogP contribution in [0.25, 0.3) is 5.65 Å². The third-order valence-corrected chi connectivity index (χ3v) is 5.02. The van der Waals surface area contributed by atoms with Gasteiger partial charge in [0.15, 0.2) is 11.5 Å². The fourth-order valence-electron chi connectivity index (χ4n) is 3.43. The summed E-state index contributed by atoms with van der Waals surface area (Å²) in [4.78, 5) is 2.32. The lowest BCUT2D eigenvalue weighted by molar-refractivity contribution is 0.369. The van der Waals surface area contributed by atoms with Gasteiger partial charge in [0.05, 0.1) is 6.54 Å². The van der Waals surface area contributed by atoms with Crippen molar-refractivity contribution in [1.82, 2.24) is 25.1 Å². The molecule has 2 aliphatic rings. The van der Waals surface area contributed by atoms with Crippen LogP contribution in [0.4, 0.5) is 5.82 Å². The van der Waals surface area contributed by atoms with Crippen LogP contribution in [0, 0.1) is 12.8 Å². The molecule has 0 atom stereocenters. The van der Waals surface area contributed by atoms with Crippen LogP contribution in [0.3, 0.4) is 0 Å². The summed E-state index contributed by atoms with van der Waals surface area (Å²) in [5.74, 6) is 5.21. The molecule has 0 aromatic carbocycles. The van der Waals surface area contributed by atoms with Gasteiger partial charge in [0.25, 0.3) is 0 Å². The van der Waals surface area contributed by atoms with E-state index in [2.05, 4.69) is 26.5 Å². The van der Waals surface area contributed by atoms with Crippen LogP contribution in [0.1, 0.15) is 36.1 Å². The van der Waals surface area contributed by atoms with Crippen LogP contribution in [-0.2, 0) is 6.54 Å². The van der Waals surface area contributed by atoms with Crippen LogP contribution in [-0.4, -0.2) is 39.4 Å². The molecule has 3 aromatic heterocycles. The number of anilines is 1. The second-order valence-electron chi connectivity index (χ2n) is 7.21. The van der Waals surface area contributed by atoms with Crippen LogP contribution >= 0.6 is 0 Å². The van der Waals surface area contributed by atoms with Gasteiger partial charge in [-0.05, 0) is 44.0 Å². The van der Waals surface area contributed by atoms with Crippen molar-refractivity contribution in [3.05, 3.63) is 41.6 Å². The van der Waals surface area contributed by atoms with Crippen LogP contribution in [0.5, 0.6) is 0 Å². The van der Waals surface area contributed by atoms with Crippen LogP contribution in [0.2, 0.25) is 0 Å². The highest BCUT2D eigenvalue weighted by atomic mass is 16.3. The molecule has 0 amide bonds. The number of nitrogens with zero attached hydrogens (tertiary/aromatic N) is 5. The highest BCUT2D eigenvalue weighted by Gasteiger charge is 2.31. The largest absolute Gasteiger partial charge is 0.465 e. The molecule has 4 heterocycles. The van der Waals surface area contributed by atoms with Crippen molar-refractivity contribution < 1.29 is 4.42 Å². The maximum absolute atomic E-state index is 5.58. The minimum Gasteiger partial charge on any atom is -0.465 e. The summed E-state index contributed by atoms with van der Waals surface area (Å²) >= 11 is 0. The van der Waals surface area contributed by atoms with E-state index in [1.54, 1.807) is 0 Å². The van der Waals surface area contributed by atoms with E-state index >= 15 is 0 Å². The van der Waals surface area contributed by atoms with Gasteiger partial charge in [0.2, 0.25) is 0 Å². The fraction of sp³-hybridized carbons (Fsp3) is 0.500. The van der Waals surface area contributed by atoms with E-state index in [9.17, 15) is 0 Å². The number of aromatic nitrogens is 4. The average Bonchev–Trinajstić information content (AvgIpc) is 3.20. The molecule has 1 saturated carbocycles. The number of hydrogen-bond donors (Lipinski definition) is 1. The number of fused-ring (bicyclic) bond motifs is 1. The summed E-state index contributed by atoms with van der Waals surface area (Å²) in [5, 5.41) is 16.8. The first kappa shape index (κ1) is 14.9. The first-order valence-corrected chi connectivity index (χ1v) is 8.99. The number of furan rings is 1. The molecule has 1 aliphatic carbocycles. The molecule has 5 rings (SSSR count). The second-order valence-corrected chi connectivity index (χ2v) is 7.21. The van der Waals surface area contributed by atoms with Crippen molar-refractivity contribution in [2.45, 2.75) is 32.2 Å². The van der Waals surface area contributed by atoms with E-state index in [0.717, 1.165) is 55.0 Å². The molecule has 0 spiro atoms. The molecule has 3 aromatic rings. The summed E-state index contributed by atoms with van der Waals surface area (Å²) in [6, 6.07) is 8.11. The maximum Gasteiger partial charge on any atom is 0.178 e. The zero-order valence-corrected chi connectivity index (χ0v) is 14.4. The van der Waals surface area contributed by atoms with E-state index in [1.165, 1.54) is 12.8 Å². The highest BCUT2D eigenvalue weighted by Crippen LogP contribution is 2.38. The standard InChI is InChI=1S/C18H22N6O/c1-12-2-5-15(25-12)9-19-8-13-10-23(11-13)17-7-6-16-20-21-18(14-3-4-14)24(16)22-17/h2,5-7,13-14,19H,3-4,8-11H2,1H3. The minimum atomic E-state index is 0.552. The summed E-state index contributed by atoms with van der Waals surface area (Å²) in [6.45, 7) is 5.83. The van der Waals surface area contributed by atoms with E-state index in [1.807, 2.05) is 29.6 Å². The van der Waals surface area contributed by atoms with Gasteiger partial charge in [-0.15, -0.1) is 15.3 Å². The van der Waals surface area contributed by atoms with Gasteiger partial charge in [0, 0.05) is 31.5 Å². The molecule has 25 heavy (non-hydrogen) atoms. The molecule has 1 N–H and O–H groups in total. The lowest BCUT2D eigenvalue weighted by Gasteiger charge is -2.40. The summed E-state index contributed by atoms with van der Waals surface area (Å²) in [7, 11) is 0. The van der Waals surface area contributed by atoms with Gasteiger partial charge in [-0.3, -0.25) is 0 Å². The van der Waals surface area contributed by atoms with Crippen LogP contribution in [0.15, 0.2) is 28.7 Å². The van der Waals surface area contributed by atoms with Gasteiger partial charge >= 0.3 is 0 Å². The molecular weight excluding hydrogens is 316 g/mol. The van der Waals surface area contributed by atoms with E-state index < -0.39 is 0 Å². The first-order chi connectivity index (χ1) is 12.3. The molecule has 2 fully saturated rings. The number of nitrogens with one attached hydrogen (secondary N) is 1. The van der Waals surface area contributed by atoms with E-state index in [4.69, 9.17) is 9.52 Å². The highest BCUT2D eigenvalue weighted by molar-refractivity contribution is 5.47. The van der Waals surface area contributed by atoms with Gasteiger partial charge in [-0.1, -0.05) is 0 Å². The Balaban J connectivity index is 1.17. The third-order valence-electron chi connectivity index (χ3n) is 5.02. The molecule has 130 valence electrons. The number of aryl methyl sites for hydroxylation is 1. The lowest BCUT2D eigenvalue weighted by atomic mass is 10.0. The molecule has 7 nitrogen and oxygen atoms in total. The molecule has 0 radical (unpaired) electrons. The summed E-state index contributed by atoms with van der Waals surface area (Å²) < 4.78 is 7.51. The van der Waals surface area contributed by atoms with Crippen LogP contribution < -0.4 is 10.2 Å². The average molecular weight is 338 g/mol. The SMILES string of the molecule is Cc1ccc(CNCC2CN(c3ccc4nnc(C5CC5)n4n3)C2)o1. The molecule has 1 saturated heterocycles. The van der Waals surface area contributed by atoms with Gasteiger partial charge in [0.1, 0.15) is 17.3 Å². The van der Waals surface area contributed by atoms with E-state index in [-0.39, 0.29) is 0 Å². The van der Waals surface area contributed by atoms with Gasteiger partial charge in [-0.2, -0.15) is 4.52 Å². The van der Waals surface area contributed by atoms with Crippen molar-refractivity contribution in [2.24, 2.45) is 5.92 Å². The number of rotatable bonds is 6. The Morgan fingerprint density at radius 3 is 2.80 bits per heavy atom. The molecular formula is C18H22N6O. The molecule has 0 unspecified atom stereocenters. The van der Waals surface area contributed by atoms with Crippen molar-refractivity contribution in [3.8, 4) is 0 Å². The lowest BCUT2D eigenvalue weighted by Crippen LogP contribution is -2.51. The Morgan fingerprint density at radius 1 is 1.16 bits per heavy atom. The van der Waals surface area contributed by atoms with Crippen molar-refractivity contribution in [1.29, 1.82) is 0 Å². The fourth-order valence-corrected chi connectivity index (χ4v) is 3.43. The topological polar surface area (TPSA) is 71.5 Å². The van der Waals surface area contributed by atoms with Crippen molar-refractivity contribution in [2.75, 3.05) is 24.5 Å². The van der Waals surface area contributed by atoms with Gasteiger partial charge in [-0.25, -0.2) is 0 Å². The first-order valence-electron chi connectivity index (χ1n) is 8.99. The Hall–Kier alpha value is -2.41. The maximum atomic E-state index is 5.58. The normalized spacial score (nSPS) is 18.0. The summed E-state index contributed by atoms with van der Waals surface area (Å²) in [5.41, 5.74) is 0.845. The predicted molar refractivity (Wildman–Crippen MR) is 93.6 cm³/mol. The van der Waals surface area contributed by atoms with E-state index in [0.29, 0.717) is 11.8 Å². The Morgan fingerprint density at radius 2 is 2.04 bits per heavy atom. The van der Waals surface area contributed by atoms with Gasteiger partial charge < -0.3 is 14.6 Å². The zero-order valence-electron chi connectivity index (χ0n) is 14.4. The van der Waals surface area contributed by atoms with Crippen molar-refractivity contribution >= 4 is 11.5 Å². The monoisotopic (exact) mass is 338 g/mol. The Kier molecular flexibility index (Phi) is 3.48. The molecule has 1 aliphatic heterocycles. The second kappa shape index (κ2) is 5.84. The quantitative estimate of drug-likeness (QED) is 0.742. The Bertz CT molecular complexity index is 890.